The molecule has 1 fully saturated rings. The zero-order valence-electron chi connectivity index (χ0n) is 15.9. The van der Waals surface area contributed by atoms with Crippen LogP contribution in [0.5, 0.6) is 0 Å². The number of nitrogens with zero attached hydrogens (tertiary/aromatic N) is 5. The summed E-state index contributed by atoms with van der Waals surface area (Å²) in [4.78, 5) is 27.1. The predicted molar refractivity (Wildman–Crippen MR) is 102 cm³/mol. The normalized spacial score (nSPS) is 16.6. The Labute approximate surface area is 166 Å². The van der Waals surface area contributed by atoms with Crippen molar-refractivity contribution in [3.63, 3.8) is 0 Å². The lowest BCUT2D eigenvalue weighted by Crippen LogP contribution is -2.46. The molecule has 1 saturated heterocycles. The number of rotatable bonds is 5. The van der Waals surface area contributed by atoms with E-state index in [9.17, 15) is 9.18 Å². The summed E-state index contributed by atoms with van der Waals surface area (Å²) in [5.74, 6) is 0.0825. The molecule has 8 nitrogen and oxygen atoms in total. The molecule has 4 rings (SSSR count). The summed E-state index contributed by atoms with van der Waals surface area (Å²) in [6.07, 6.45) is 5.48. The SMILES string of the molecule is CCOC(=O)[C@H]1CCCCN1c1ncncc1-c1nc(-c2ccccc2F)no1. The second-order valence-electron chi connectivity index (χ2n) is 6.62. The van der Waals surface area contributed by atoms with E-state index in [0.717, 1.165) is 12.8 Å². The van der Waals surface area contributed by atoms with Crippen LogP contribution in [-0.4, -0.2) is 45.3 Å². The number of carbonyl (C=O) groups is 1. The molecule has 1 aromatic carbocycles. The minimum atomic E-state index is -0.442. The summed E-state index contributed by atoms with van der Waals surface area (Å²) < 4.78 is 24.7. The van der Waals surface area contributed by atoms with Crippen LogP contribution in [0.3, 0.4) is 0 Å². The summed E-state index contributed by atoms with van der Waals surface area (Å²) >= 11 is 0. The van der Waals surface area contributed by atoms with E-state index in [4.69, 9.17) is 9.26 Å². The maximum absolute atomic E-state index is 14.1. The first-order chi connectivity index (χ1) is 14.2. The Bertz CT molecular complexity index is 1010. The lowest BCUT2D eigenvalue weighted by Gasteiger charge is -2.35. The van der Waals surface area contributed by atoms with E-state index in [0.29, 0.717) is 31.0 Å². The number of anilines is 1. The van der Waals surface area contributed by atoms with Crippen molar-refractivity contribution in [3.05, 3.63) is 42.6 Å². The number of halogens is 1. The van der Waals surface area contributed by atoms with Gasteiger partial charge in [0.05, 0.1) is 12.2 Å². The van der Waals surface area contributed by atoms with Gasteiger partial charge in [-0.3, -0.25) is 0 Å². The lowest BCUT2D eigenvalue weighted by molar-refractivity contribution is -0.145. The predicted octanol–water partition coefficient (Wildman–Crippen LogP) is 3.25. The summed E-state index contributed by atoms with van der Waals surface area (Å²) in [6.45, 7) is 2.74. The van der Waals surface area contributed by atoms with Gasteiger partial charge < -0.3 is 14.2 Å². The van der Waals surface area contributed by atoms with Crippen LogP contribution in [0.2, 0.25) is 0 Å². The Balaban J connectivity index is 1.70. The summed E-state index contributed by atoms with van der Waals surface area (Å²) in [7, 11) is 0. The van der Waals surface area contributed by atoms with Gasteiger partial charge in [-0.1, -0.05) is 17.3 Å². The molecule has 0 amide bonds. The minimum Gasteiger partial charge on any atom is -0.464 e. The van der Waals surface area contributed by atoms with E-state index in [2.05, 4.69) is 20.1 Å². The van der Waals surface area contributed by atoms with E-state index in [1.54, 1.807) is 31.3 Å². The number of piperidine rings is 1. The fraction of sp³-hybridized carbons (Fsp3) is 0.350. The molecule has 0 aliphatic carbocycles. The van der Waals surface area contributed by atoms with Gasteiger partial charge in [0, 0.05) is 12.7 Å². The Hall–Kier alpha value is -3.36. The van der Waals surface area contributed by atoms with Gasteiger partial charge >= 0.3 is 5.97 Å². The van der Waals surface area contributed by atoms with Crippen molar-refractivity contribution in [3.8, 4) is 22.8 Å². The van der Waals surface area contributed by atoms with Crippen LogP contribution < -0.4 is 4.90 Å². The molecule has 150 valence electrons. The minimum absolute atomic E-state index is 0.133. The van der Waals surface area contributed by atoms with Crippen LogP contribution >= 0.6 is 0 Å². The van der Waals surface area contributed by atoms with Crippen LogP contribution in [0, 0.1) is 5.82 Å². The van der Waals surface area contributed by atoms with E-state index in [-0.39, 0.29) is 23.2 Å². The number of ether oxygens (including phenoxy) is 1. The molecule has 9 heteroatoms. The molecule has 0 unspecified atom stereocenters. The highest BCUT2D eigenvalue weighted by Gasteiger charge is 2.33. The second kappa shape index (κ2) is 8.34. The van der Waals surface area contributed by atoms with E-state index >= 15 is 0 Å². The topological polar surface area (TPSA) is 94.2 Å². The van der Waals surface area contributed by atoms with Crippen LogP contribution in [0.25, 0.3) is 22.8 Å². The van der Waals surface area contributed by atoms with Gasteiger partial charge in [0.2, 0.25) is 5.82 Å². The van der Waals surface area contributed by atoms with Gasteiger partial charge in [-0.25, -0.2) is 19.2 Å². The maximum atomic E-state index is 14.1. The Morgan fingerprint density at radius 3 is 3.00 bits per heavy atom. The standard InChI is InChI=1S/C20H20FN5O3/c1-2-28-20(27)16-9-5-6-10-26(16)18-14(11-22-12-23-18)19-24-17(25-29-19)13-7-3-4-8-15(13)21/h3-4,7-8,11-12,16H,2,5-6,9-10H2,1H3/t16-/m1/s1. The number of benzene rings is 1. The second-order valence-corrected chi connectivity index (χ2v) is 6.62. The van der Waals surface area contributed by atoms with Crippen LogP contribution in [0.1, 0.15) is 26.2 Å². The van der Waals surface area contributed by atoms with Crippen molar-refractivity contribution in [2.75, 3.05) is 18.1 Å². The highest BCUT2D eigenvalue weighted by Crippen LogP contribution is 2.33. The van der Waals surface area contributed by atoms with Crippen LogP contribution in [-0.2, 0) is 9.53 Å². The molecule has 0 N–H and O–H groups in total. The Kier molecular flexibility index (Phi) is 5.46. The number of esters is 1. The zero-order valence-corrected chi connectivity index (χ0v) is 15.9. The van der Waals surface area contributed by atoms with Crippen molar-refractivity contribution in [2.24, 2.45) is 0 Å². The van der Waals surface area contributed by atoms with Gasteiger partial charge in [-0.15, -0.1) is 0 Å². The summed E-state index contributed by atoms with van der Waals surface area (Å²) in [5.41, 5.74) is 0.724. The molecule has 0 bridgehead atoms. The highest BCUT2D eigenvalue weighted by atomic mass is 19.1. The van der Waals surface area contributed by atoms with Crippen molar-refractivity contribution in [2.45, 2.75) is 32.2 Å². The lowest BCUT2D eigenvalue weighted by atomic mass is 10.0. The van der Waals surface area contributed by atoms with Gasteiger partial charge in [0.1, 0.15) is 29.6 Å². The van der Waals surface area contributed by atoms with Gasteiger partial charge in [0.25, 0.3) is 5.89 Å². The van der Waals surface area contributed by atoms with Gasteiger partial charge in [-0.2, -0.15) is 4.98 Å². The van der Waals surface area contributed by atoms with E-state index in [1.165, 1.54) is 12.4 Å². The smallest absolute Gasteiger partial charge is 0.328 e. The maximum Gasteiger partial charge on any atom is 0.328 e. The number of hydrogen-bond acceptors (Lipinski definition) is 8. The summed E-state index contributed by atoms with van der Waals surface area (Å²) in [6, 6.07) is 5.76. The number of aromatic nitrogens is 4. The molecule has 0 radical (unpaired) electrons. The molecule has 1 aliphatic rings. The third-order valence-electron chi connectivity index (χ3n) is 4.80. The molecule has 0 saturated carbocycles. The zero-order chi connectivity index (χ0) is 20.2. The number of carbonyl (C=O) groups excluding carboxylic acids is 1. The monoisotopic (exact) mass is 397 g/mol. The number of hydrogen-bond donors (Lipinski definition) is 0. The molecular weight excluding hydrogens is 377 g/mol. The van der Waals surface area contributed by atoms with Crippen molar-refractivity contribution in [1.82, 2.24) is 20.1 Å². The third-order valence-corrected chi connectivity index (χ3v) is 4.80. The third kappa shape index (κ3) is 3.80. The molecule has 2 aromatic heterocycles. The average molecular weight is 397 g/mol. The first-order valence-corrected chi connectivity index (χ1v) is 9.51. The first kappa shape index (κ1) is 19.0. The molecule has 3 aromatic rings. The van der Waals surface area contributed by atoms with Crippen molar-refractivity contribution < 1.29 is 18.4 Å². The molecule has 3 heterocycles. The molecule has 0 spiro atoms. The Morgan fingerprint density at radius 1 is 1.31 bits per heavy atom. The first-order valence-electron chi connectivity index (χ1n) is 9.51. The van der Waals surface area contributed by atoms with Crippen molar-refractivity contribution in [1.29, 1.82) is 0 Å². The van der Waals surface area contributed by atoms with E-state index < -0.39 is 11.9 Å². The average Bonchev–Trinajstić information content (AvgIpc) is 3.24. The molecular formula is C20H20FN5O3. The fourth-order valence-electron chi connectivity index (χ4n) is 3.46. The molecule has 1 aliphatic heterocycles. The highest BCUT2D eigenvalue weighted by molar-refractivity contribution is 5.82. The molecule has 29 heavy (non-hydrogen) atoms. The van der Waals surface area contributed by atoms with Crippen LogP contribution in [0.4, 0.5) is 10.2 Å². The quantitative estimate of drug-likeness (QED) is 0.606. The fourth-order valence-corrected chi connectivity index (χ4v) is 3.46. The van der Waals surface area contributed by atoms with E-state index in [1.807, 2.05) is 4.90 Å². The van der Waals surface area contributed by atoms with Gasteiger partial charge in [-0.05, 0) is 38.3 Å². The largest absolute Gasteiger partial charge is 0.464 e. The van der Waals surface area contributed by atoms with Gasteiger partial charge in [0.15, 0.2) is 0 Å². The molecule has 1 atom stereocenters. The Morgan fingerprint density at radius 2 is 2.17 bits per heavy atom. The van der Waals surface area contributed by atoms with Crippen LogP contribution in [0.15, 0.2) is 41.3 Å². The van der Waals surface area contributed by atoms with Crippen molar-refractivity contribution >= 4 is 11.8 Å². The summed E-state index contributed by atoms with van der Waals surface area (Å²) in [5, 5.41) is 3.90.